The van der Waals surface area contributed by atoms with E-state index in [1.807, 2.05) is 24.3 Å². The fourth-order valence-electron chi connectivity index (χ4n) is 1.93. The van der Waals surface area contributed by atoms with Crippen LogP contribution in [0.4, 0.5) is 5.82 Å². The minimum atomic E-state index is -0.207. The number of nitrogens with zero attached hydrogens (tertiary/aromatic N) is 4. The Morgan fingerprint density at radius 1 is 1.14 bits per heavy atom. The van der Waals surface area contributed by atoms with E-state index in [-0.39, 0.29) is 5.91 Å². The van der Waals surface area contributed by atoms with Crippen LogP contribution in [0.2, 0.25) is 0 Å². The molecule has 2 heterocycles. The molecule has 2 aromatic heterocycles. The van der Waals surface area contributed by atoms with Crippen molar-refractivity contribution in [2.45, 2.75) is 6.92 Å². The lowest BCUT2D eigenvalue weighted by Crippen LogP contribution is -2.27. The van der Waals surface area contributed by atoms with Crippen molar-refractivity contribution < 1.29 is 9.53 Å². The number of hydrogen-bond acceptors (Lipinski definition) is 6. The maximum Gasteiger partial charge on any atom is 0.235 e. The third-order valence-electron chi connectivity index (χ3n) is 2.98. The normalized spacial score (nSPS) is 10.5. The molecule has 0 bridgehead atoms. The predicted molar refractivity (Wildman–Crippen MR) is 80.2 cm³/mol. The van der Waals surface area contributed by atoms with Crippen molar-refractivity contribution >= 4 is 17.4 Å². The fraction of sp³-hybridized carbons (Fsp3) is 0.143. The van der Waals surface area contributed by atoms with Gasteiger partial charge in [0.25, 0.3) is 0 Å². The molecule has 3 aromatic rings. The van der Waals surface area contributed by atoms with Crippen LogP contribution in [0.3, 0.4) is 0 Å². The first-order valence-corrected chi connectivity index (χ1v) is 6.57. The fourth-order valence-corrected chi connectivity index (χ4v) is 1.93. The highest BCUT2D eigenvalue weighted by molar-refractivity contribution is 5.74. The molecule has 0 unspecified atom stereocenters. The Hall–Kier alpha value is -3.16. The van der Waals surface area contributed by atoms with Crippen molar-refractivity contribution in [1.82, 2.24) is 25.2 Å². The van der Waals surface area contributed by atoms with Crippen LogP contribution in [0.15, 0.2) is 36.4 Å². The van der Waals surface area contributed by atoms with E-state index in [0.29, 0.717) is 17.3 Å². The van der Waals surface area contributed by atoms with Crippen LogP contribution >= 0.6 is 0 Å². The monoisotopic (exact) mass is 298 g/mol. The first-order valence-electron chi connectivity index (χ1n) is 6.57. The van der Waals surface area contributed by atoms with Crippen LogP contribution in [0.5, 0.6) is 5.75 Å². The van der Waals surface area contributed by atoms with Gasteiger partial charge in [0.1, 0.15) is 5.75 Å². The van der Waals surface area contributed by atoms with Crippen molar-refractivity contribution in [3.05, 3.63) is 36.4 Å². The van der Waals surface area contributed by atoms with Gasteiger partial charge in [-0.15, -0.1) is 15.3 Å². The summed E-state index contributed by atoms with van der Waals surface area (Å²) in [4.78, 5) is 10.9. The van der Waals surface area contributed by atoms with E-state index in [1.54, 1.807) is 23.8 Å². The summed E-state index contributed by atoms with van der Waals surface area (Å²) in [6.45, 7) is 1.41. The number of nitrogens with one attached hydrogen (secondary N) is 2. The Kier molecular flexibility index (Phi) is 3.57. The Morgan fingerprint density at radius 3 is 2.59 bits per heavy atom. The maximum atomic E-state index is 10.9. The van der Waals surface area contributed by atoms with Crippen molar-refractivity contribution in [3.8, 4) is 17.1 Å². The van der Waals surface area contributed by atoms with E-state index in [0.717, 1.165) is 11.3 Å². The average Bonchev–Trinajstić information content (AvgIpc) is 2.96. The number of carbonyl (C=O) groups excluding carboxylic acids is 1. The summed E-state index contributed by atoms with van der Waals surface area (Å²) in [6, 6.07) is 10.9. The minimum absolute atomic E-state index is 0.207. The number of rotatable bonds is 4. The van der Waals surface area contributed by atoms with Crippen LogP contribution in [-0.2, 0) is 4.79 Å². The highest BCUT2D eigenvalue weighted by Crippen LogP contribution is 2.21. The van der Waals surface area contributed by atoms with Crippen LogP contribution < -0.4 is 15.6 Å². The molecular formula is C14H14N6O2. The molecule has 0 aliphatic carbocycles. The second-order valence-corrected chi connectivity index (χ2v) is 4.55. The van der Waals surface area contributed by atoms with Gasteiger partial charge in [-0.25, -0.2) is 0 Å². The SMILES string of the molecule is COc1ccc(-c2nnc3ccc(NNC(C)=O)nn23)cc1. The summed E-state index contributed by atoms with van der Waals surface area (Å²) in [5, 5.41) is 12.6. The molecular weight excluding hydrogens is 284 g/mol. The van der Waals surface area contributed by atoms with E-state index >= 15 is 0 Å². The van der Waals surface area contributed by atoms with Crippen molar-refractivity contribution in [1.29, 1.82) is 0 Å². The Labute approximate surface area is 126 Å². The largest absolute Gasteiger partial charge is 0.497 e. The quantitative estimate of drug-likeness (QED) is 0.704. The van der Waals surface area contributed by atoms with Crippen molar-refractivity contribution in [3.63, 3.8) is 0 Å². The molecule has 2 N–H and O–H groups in total. The van der Waals surface area contributed by atoms with E-state index in [2.05, 4.69) is 26.1 Å². The molecule has 0 aliphatic heterocycles. The molecule has 0 aliphatic rings. The number of carbonyl (C=O) groups is 1. The van der Waals surface area contributed by atoms with E-state index in [4.69, 9.17) is 4.74 Å². The summed E-state index contributed by atoms with van der Waals surface area (Å²) >= 11 is 0. The van der Waals surface area contributed by atoms with E-state index in [1.165, 1.54) is 6.92 Å². The zero-order valence-corrected chi connectivity index (χ0v) is 12.1. The second-order valence-electron chi connectivity index (χ2n) is 4.55. The molecule has 0 radical (unpaired) electrons. The highest BCUT2D eigenvalue weighted by Gasteiger charge is 2.10. The Bertz CT molecular complexity index is 812. The summed E-state index contributed by atoms with van der Waals surface area (Å²) in [5.41, 5.74) is 6.66. The highest BCUT2D eigenvalue weighted by atomic mass is 16.5. The summed E-state index contributed by atoms with van der Waals surface area (Å²) in [6.07, 6.45) is 0. The summed E-state index contributed by atoms with van der Waals surface area (Å²) < 4.78 is 6.74. The molecule has 0 atom stereocenters. The topological polar surface area (TPSA) is 93.4 Å². The van der Waals surface area contributed by atoms with Gasteiger partial charge in [0.15, 0.2) is 17.3 Å². The van der Waals surface area contributed by atoms with Crippen LogP contribution in [0.25, 0.3) is 17.0 Å². The van der Waals surface area contributed by atoms with Crippen LogP contribution in [-0.4, -0.2) is 32.8 Å². The molecule has 0 saturated carbocycles. The number of amides is 1. The second kappa shape index (κ2) is 5.68. The third kappa shape index (κ3) is 2.66. The van der Waals surface area contributed by atoms with Crippen LogP contribution in [0, 0.1) is 0 Å². The molecule has 3 rings (SSSR count). The van der Waals surface area contributed by atoms with Gasteiger partial charge in [-0.3, -0.25) is 15.6 Å². The third-order valence-corrected chi connectivity index (χ3v) is 2.98. The van der Waals surface area contributed by atoms with Crippen molar-refractivity contribution in [2.75, 3.05) is 12.5 Å². The number of hydrogen-bond donors (Lipinski definition) is 2. The average molecular weight is 298 g/mol. The number of benzene rings is 1. The van der Waals surface area contributed by atoms with Gasteiger partial charge < -0.3 is 4.74 Å². The number of anilines is 1. The number of aromatic nitrogens is 4. The van der Waals surface area contributed by atoms with E-state index < -0.39 is 0 Å². The number of fused-ring (bicyclic) bond motifs is 1. The zero-order chi connectivity index (χ0) is 15.5. The molecule has 1 aromatic carbocycles. The number of methoxy groups -OCH3 is 1. The van der Waals surface area contributed by atoms with Crippen LogP contribution in [0.1, 0.15) is 6.92 Å². The van der Waals surface area contributed by atoms with E-state index in [9.17, 15) is 4.79 Å². The smallest absolute Gasteiger partial charge is 0.235 e. The molecule has 22 heavy (non-hydrogen) atoms. The first kappa shape index (κ1) is 13.8. The minimum Gasteiger partial charge on any atom is -0.497 e. The molecule has 0 fully saturated rings. The van der Waals surface area contributed by atoms with Gasteiger partial charge in [0.05, 0.1) is 7.11 Å². The predicted octanol–water partition coefficient (Wildman–Crippen LogP) is 1.26. The first-order chi connectivity index (χ1) is 10.7. The summed E-state index contributed by atoms with van der Waals surface area (Å²) in [5.74, 6) is 1.64. The van der Waals surface area contributed by atoms with Gasteiger partial charge in [-0.2, -0.15) is 4.52 Å². The number of ether oxygens (including phenoxy) is 1. The number of hydrazine groups is 1. The molecule has 8 nitrogen and oxygen atoms in total. The standard InChI is InChI=1S/C14H14N6O2/c1-9(21)15-16-12-7-8-13-17-18-14(20(13)19-12)10-3-5-11(22-2)6-4-10/h3-8H,1-2H3,(H,15,21)(H,16,19). The van der Waals surface area contributed by atoms with Gasteiger partial charge >= 0.3 is 0 Å². The molecule has 1 amide bonds. The lowest BCUT2D eigenvalue weighted by Gasteiger charge is -2.06. The van der Waals surface area contributed by atoms with Gasteiger partial charge in [-0.1, -0.05) is 0 Å². The molecule has 0 spiro atoms. The Balaban J connectivity index is 1.98. The maximum absolute atomic E-state index is 10.9. The molecule has 8 heteroatoms. The Morgan fingerprint density at radius 2 is 1.91 bits per heavy atom. The van der Waals surface area contributed by atoms with Crippen molar-refractivity contribution in [2.24, 2.45) is 0 Å². The molecule has 0 saturated heterocycles. The molecule has 112 valence electrons. The lowest BCUT2D eigenvalue weighted by atomic mass is 10.2. The zero-order valence-electron chi connectivity index (χ0n) is 12.1. The lowest BCUT2D eigenvalue weighted by molar-refractivity contribution is -0.118. The van der Waals surface area contributed by atoms with Gasteiger partial charge in [0, 0.05) is 12.5 Å². The van der Waals surface area contributed by atoms with Gasteiger partial charge in [0.2, 0.25) is 5.91 Å². The van der Waals surface area contributed by atoms with Gasteiger partial charge in [-0.05, 0) is 36.4 Å². The summed E-state index contributed by atoms with van der Waals surface area (Å²) in [7, 11) is 1.61.